The lowest BCUT2D eigenvalue weighted by Crippen LogP contribution is -2.11. The lowest BCUT2D eigenvalue weighted by molar-refractivity contribution is 0.726. The molecule has 0 bridgehead atoms. The summed E-state index contributed by atoms with van der Waals surface area (Å²) in [5, 5.41) is 13.2. The minimum atomic E-state index is 0.663. The molecule has 0 aliphatic rings. The maximum atomic E-state index is 9.28. The topological polar surface area (TPSA) is 61.6 Å². The Morgan fingerprint density at radius 2 is 2.20 bits per heavy atom. The van der Waals surface area contributed by atoms with Crippen LogP contribution in [0.4, 0.5) is 0 Å². The van der Waals surface area contributed by atoms with Gasteiger partial charge >= 0.3 is 0 Å². The third-order valence-corrected chi connectivity index (χ3v) is 3.67. The number of benzene rings is 1. The second kappa shape index (κ2) is 7.04. The molecule has 0 amide bonds. The first-order chi connectivity index (χ1) is 9.72. The zero-order valence-electron chi connectivity index (χ0n) is 11.6. The third kappa shape index (κ3) is 3.80. The first-order valence-electron chi connectivity index (χ1n) is 6.44. The van der Waals surface area contributed by atoms with Gasteiger partial charge in [-0.3, -0.25) is 0 Å². The summed E-state index contributed by atoms with van der Waals surface area (Å²) >= 11 is 1.42. The van der Waals surface area contributed by atoms with E-state index in [0.29, 0.717) is 10.7 Å². The van der Waals surface area contributed by atoms with Gasteiger partial charge in [0.15, 0.2) is 5.16 Å². The van der Waals surface area contributed by atoms with Crippen molar-refractivity contribution >= 4 is 11.8 Å². The summed E-state index contributed by atoms with van der Waals surface area (Å²) in [6, 6.07) is 10.0. The monoisotopic (exact) mass is 284 g/mol. The van der Waals surface area contributed by atoms with Gasteiger partial charge in [-0.2, -0.15) is 5.26 Å². The Bertz CT molecular complexity index is 634. The fraction of sp³-hybridized carbons (Fsp3) is 0.267. The molecule has 1 N–H and O–H groups in total. The Labute approximate surface area is 123 Å². The van der Waals surface area contributed by atoms with Gasteiger partial charge < -0.3 is 5.32 Å². The minimum absolute atomic E-state index is 0.663. The molecule has 102 valence electrons. The first-order valence-corrected chi connectivity index (χ1v) is 7.26. The van der Waals surface area contributed by atoms with E-state index < -0.39 is 0 Å². The molecular weight excluding hydrogens is 268 g/mol. The van der Waals surface area contributed by atoms with E-state index in [1.54, 1.807) is 6.20 Å². The molecular formula is C15H16N4S. The third-order valence-electron chi connectivity index (χ3n) is 2.72. The van der Waals surface area contributed by atoms with Crippen LogP contribution >= 0.6 is 11.8 Å². The molecule has 4 nitrogen and oxygen atoms in total. The second-order valence-corrected chi connectivity index (χ2v) is 5.31. The molecule has 20 heavy (non-hydrogen) atoms. The lowest BCUT2D eigenvalue weighted by atomic mass is 10.1. The average molecular weight is 284 g/mol. The molecule has 0 aliphatic heterocycles. The highest BCUT2D eigenvalue weighted by Crippen LogP contribution is 2.28. The van der Waals surface area contributed by atoms with Crippen LogP contribution in [-0.2, 0) is 6.54 Å². The number of hydrogen-bond donors (Lipinski definition) is 1. The molecule has 0 aliphatic carbocycles. The van der Waals surface area contributed by atoms with Crippen molar-refractivity contribution in [1.82, 2.24) is 15.3 Å². The van der Waals surface area contributed by atoms with Crippen molar-refractivity contribution in [3.05, 3.63) is 47.3 Å². The molecule has 2 aromatic rings. The van der Waals surface area contributed by atoms with E-state index in [1.807, 2.05) is 31.2 Å². The second-order valence-electron chi connectivity index (χ2n) is 4.31. The molecule has 0 atom stereocenters. The van der Waals surface area contributed by atoms with E-state index in [4.69, 9.17) is 0 Å². The Morgan fingerprint density at radius 3 is 2.90 bits per heavy atom. The molecule has 0 spiro atoms. The summed E-state index contributed by atoms with van der Waals surface area (Å²) in [6.07, 6.45) is 1.73. The normalized spacial score (nSPS) is 10.2. The van der Waals surface area contributed by atoms with E-state index in [9.17, 15) is 5.26 Å². The van der Waals surface area contributed by atoms with E-state index in [1.165, 1.54) is 11.8 Å². The Hall–Kier alpha value is -1.90. The van der Waals surface area contributed by atoms with Crippen LogP contribution in [0.2, 0.25) is 0 Å². The highest BCUT2D eigenvalue weighted by molar-refractivity contribution is 7.99. The number of rotatable bonds is 5. The van der Waals surface area contributed by atoms with E-state index in [-0.39, 0.29) is 0 Å². The quantitative estimate of drug-likeness (QED) is 0.855. The molecule has 5 heteroatoms. The average Bonchev–Trinajstić information content (AvgIpc) is 2.46. The van der Waals surface area contributed by atoms with Crippen LogP contribution in [-0.4, -0.2) is 16.5 Å². The lowest BCUT2D eigenvalue weighted by Gasteiger charge is -2.07. The molecule has 0 unspecified atom stereocenters. The highest BCUT2D eigenvalue weighted by atomic mass is 32.2. The van der Waals surface area contributed by atoms with Crippen LogP contribution in [0.5, 0.6) is 0 Å². The number of hydrogen-bond acceptors (Lipinski definition) is 5. The smallest absolute Gasteiger partial charge is 0.192 e. The standard InChI is InChI=1S/C15H16N4S/c1-3-17-10-12-4-5-14(13(8-12)9-16)20-15-18-7-6-11(2)19-15/h4-8,17H,3,10H2,1-2H3. The number of aromatic nitrogens is 2. The molecule has 1 aromatic carbocycles. The maximum absolute atomic E-state index is 9.28. The Kier molecular flexibility index (Phi) is 5.10. The Balaban J connectivity index is 2.22. The highest BCUT2D eigenvalue weighted by Gasteiger charge is 2.07. The van der Waals surface area contributed by atoms with Gasteiger partial charge in [0.2, 0.25) is 0 Å². The van der Waals surface area contributed by atoms with Gasteiger partial charge in [0.1, 0.15) is 6.07 Å². The molecule has 0 radical (unpaired) electrons. The van der Waals surface area contributed by atoms with Crippen molar-refractivity contribution in [2.75, 3.05) is 6.54 Å². The van der Waals surface area contributed by atoms with Crippen LogP contribution in [0, 0.1) is 18.3 Å². The first kappa shape index (κ1) is 14.5. The maximum Gasteiger partial charge on any atom is 0.192 e. The largest absolute Gasteiger partial charge is 0.313 e. The molecule has 1 heterocycles. The number of nitriles is 1. The summed E-state index contributed by atoms with van der Waals surface area (Å²) in [5.74, 6) is 0. The van der Waals surface area contributed by atoms with Crippen molar-refractivity contribution < 1.29 is 0 Å². The predicted octanol–water partition coefficient (Wildman–Crippen LogP) is 2.92. The summed E-state index contributed by atoms with van der Waals surface area (Å²) < 4.78 is 0. The van der Waals surface area contributed by atoms with E-state index in [0.717, 1.165) is 29.2 Å². The van der Waals surface area contributed by atoms with Crippen molar-refractivity contribution in [1.29, 1.82) is 5.26 Å². The Morgan fingerprint density at radius 1 is 1.35 bits per heavy atom. The van der Waals surface area contributed by atoms with Crippen molar-refractivity contribution in [3.8, 4) is 6.07 Å². The van der Waals surface area contributed by atoms with Crippen LogP contribution in [0.15, 0.2) is 40.5 Å². The zero-order valence-corrected chi connectivity index (χ0v) is 12.4. The fourth-order valence-corrected chi connectivity index (χ4v) is 2.56. The fourth-order valence-electron chi connectivity index (χ4n) is 1.71. The van der Waals surface area contributed by atoms with Gasteiger partial charge in [0.25, 0.3) is 0 Å². The molecule has 2 rings (SSSR count). The number of nitrogens with one attached hydrogen (secondary N) is 1. The minimum Gasteiger partial charge on any atom is -0.313 e. The molecule has 0 saturated heterocycles. The van der Waals surface area contributed by atoms with E-state index >= 15 is 0 Å². The number of nitrogens with zero attached hydrogens (tertiary/aromatic N) is 3. The molecule has 0 fully saturated rings. The number of aryl methyl sites for hydroxylation is 1. The predicted molar refractivity (Wildman–Crippen MR) is 79.4 cm³/mol. The van der Waals surface area contributed by atoms with Gasteiger partial charge in [-0.25, -0.2) is 9.97 Å². The van der Waals surface area contributed by atoms with Crippen LogP contribution in [0.1, 0.15) is 23.7 Å². The van der Waals surface area contributed by atoms with Crippen molar-refractivity contribution in [3.63, 3.8) is 0 Å². The zero-order chi connectivity index (χ0) is 14.4. The van der Waals surface area contributed by atoms with Crippen molar-refractivity contribution in [2.24, 2.45) is 0 Å². The van der Waals surface area contributed by atoms with Gasteiger partial charge in [-0.15, -0.1) is 0 Å². The van der Waals surface area contributed by atoms with Gasteiger partial charge in [0, 0.05) is 23.3 Å². The summed E-state index contributed by atoms with van der Waals surface area (Å²) in [5.41, 5.74) is 2.69. The van der Waals surface area contributed by atoms with Crippen LogP contribution in [0.25, 0.3) is 0 Å². The van der Waals surface area contributed by atoms with E-state index in [2.05, 4.69) is 28.3 Å². The van der Waals surface area contributed by atoms with Gasteiger partial charge in [-0.05, 0) is 49.0 Å². The van der Waals surface area contributed by atoms with Gasteiger partial charge in [-0.1, -0.05) is 13.0 Å². The molecule has 1 aromatic heterocycles. The SMILES string of the molecule is CCNCc1ccc(Sc2nccc(C)n2)c(C#N)c1. The van der Waals surface area contributed by atoms with Crippen LogP contribution < -0.4 is 5.32 Å². The van der Waals surface area contributed by atoms with Crippen LogP contribution in [0.3, 0.4) is 0 Å². The van der Waals surface area contributed by atoms with Crippen molar-refractivity contribution in [2.45, 2.75) is 30.4 Å². The summed E-state index contributed by atoms with van der Waals surface area (Å²) in [4.78, 5) is 9.45. The summed E-state index contributed by atoms with van der Waals surface area (Å²) in [6.45, 7) is 5.67. The molecule has 0 saturated carbocycles. The van der Waals surface area contributed by atoms with Gasteiger partial charge in [0.05, 0.1) is 5.56 Å². The summed E-state index contributed by atoms with van der Waals surface area (Å²) in [7, 11) is 0.